The fraction of sp³-hybridized carbons (Fsp3) is 0.137. The Morgan fingerprint density at radius 2 is 1.36 bits per heavy atom. The highest BCUT2D eigenvalue weighted by Crippen LogP contribution is 2.54. The van der Waals surface area contributed by atoms with Gasteiger partial charge < -0.3 is 5.32 Å². The van der Waals surface area contributed by atoms with Gasteiger partial charge in [0, 0.05) is 38.9 Å². The van der Waals surface area contributed by atoms with Crippen molar-refractivity contribution in [2.75, 3.05) is 5.32 Å². The lowest BCUT2D eigenvalue weighted by Crippen LogP contribution is -2.15. The molecule has 2 saturated carbocycles. The lowest BCUT2D eigenvalue weighted by atomic mass is 9.91. The molecule has 264 valence electrons. The first-order chi connectivity index (χ1) is 27.2. The number of anilines is 1. The third-order valence-electron chi connectivity index (χ3n) is 12.0. The molecule has 2 aliphatic carbocycles. The Kier molecular flexibility index (Phi) is 7.28. The van der Waals surface area contributed by atoms with E-state index in [1.54, 1.807) is 0 Å². The number of aliphatic imine (C=N–C) groups is 1. The summed E-state index contributed by atoms with van der Waals surface area (Å²) in [6.07, 6.45) is 14.6. The average molecular weight is 709 g/mol. The highest BCUT2D eigenvalue weighted by Gasteiger charge is 2.45. The second-order valence-electron chi connectivity index (χ2n) is 15.4. The van der Waals surface area contributed by atoms with Crippen molar-refractivity contribution in [3.05, 3.63) is 187 Å². The van der Waals surface area contributed by atoms with E-state index < -0.39 is 0 Å². The summed E-state index contributed by atoms with van der Waals surface area (Å²) in [5.41, 5.74) is 9.21. The van der Waals surface area contributed by atoms with Gasteiger partial charge in [-0.25, -0.2) is 9.98 Å². The molecule has 1 N–H and O–H groups in total. The van der Waals surface area contributed by atoms with Crippen LogP contribution in [-0.2, 0) is 5.41 Å². The standard InChI is InChI=1S/C51H40N4/c1-2-3-10-26-51(27-28-51)43-31-42-39-20-8-9-24-46(39)55(49-25-13-23-44(53-49)38-21-11-16-33-14-4-6-18-36(33)38)47(42)32-45(43)52-48-30-35-29-41(35)50(54-48)40-22-12-17-34-15-5-7-19-37(34)40/h2-26,30-32,35,41,52H,27-29H2,1H3/b3-2-,26-10-. The van der Waals surface area contributed by atoms with E-state index in [0.29, 0.717) is 11.8 Å². The Labute approximate surface area is 320 Å². The molecule has 4 nitrogen and oxygen atoms in total. The van der Waals surface area contributed by atoms with Crippen LogP contribution in [0.5, 0.6) is 0 Å². The number of fused-ring (bicyclic) bond motifs is 6. The highest BCUT2D eigenvalue weighted by atomic mass is 15.1. The van der Waals surface area contributed by atoms with Crippen LogP contribution in [0.4, 0.5) is 5.69 Å². The zero-order chi connectivity index (χ0) is 36.5. The molecule has 3 aliphatic rings. The van der Waals surface area contributed by atoms with E-state index >= 15 is 0 Å². The molecule has 4 heteroatoms. The molecule has 2 fully saturated rings. The number of rotatable bonds is 8. The van der Waals surface area contributed by atoms with Crippen molar-refractivity contribution < 1.29 is 0 Å². The van der Waals surface area contributed by atoms with E-state index in [1.165, 1.54) is 49.2 Å². The smallest absolute Gasteiger partial charge is 0.138 e. The van der Waals surface area contributed by atoms with E-state index in [9.17, 15) is 0 Å². The van der Waals surface area contributed by atoms with Gasteiger partial charge in [0.1, 0.15) is 11.6 Å². The molecule has 2 aromatic heterocycles. The number of aromatic nitrogens is 2. The molecule has 55 heavy (non-hydrogen) atoms. The first-order valence-corrected chi connectivity index (χ1v) is 19.6. The zero-order valence-electron chi connectivity index (χ0n) is 30.8. The summed E-state index contributed by atoms with van der Waals surface area (Å²) in [5.74, 6) is 2.81. The maximum absolute atomic E-state index is 5.43. The monoisotopic (exact) mass is 708 g/mol. The van der Waals surface area contributed by atoms with E-state index in [-0.39, 0.29) is 5.41 Å². The van der Waals surface area contributed by atoms with Crippen molar-refractivity contribution >= 4 is 54.7 Å². The summed E-state index contributed by atoms with van der Waals surface area (Å²) < 4.78 is 2.35. The van der Waals surface area contributed by atoms with E-state index in [1.807, 2.05) is 0 Å². The summed E-state index contributed by atoms with van der Waals surface area (Å²) >= 11 is 0. The summed E-state index contributed by atoms with van der Waals surface area (Å²) in [4.78, 5) is 10.8. The van der Waals surface area contributed by atoms with Gasteiger partial charge in [0.05, 0.1) is 22.4 Å². The van der Waals surface area contributed by atoms with E-state index in [4.69, 9.17) is 9.98 Å². The molecule has 2 unspecified atom stereocenters. The van der Waals surface area contributed by atoms with Crippen LogP contribution < -0.4 is 5.32 Å². The molecule has 0 bridgehead atoms. The second kappa shape index (κ2) is 12.5. The van der Waals surface area contributed by atoms with Crippen LogP contribution in [0.25, 0.3) is 60.4 Å². The van der Waals surface area contributed by atoms with Gasteiger partial charge in [-0.3, -0.25) is 4.57 Å². The van der Waals surface area contributed by atoms with Crippen molar-refractivity contribution in [1.82, 2.24) is 9.55 Å². The quantitative estimate of drug-likeness (QED) is 0.160. The molecule has 0 spiro atoms. The molecule has 3 heterocycles. The molecular weight excluding hydrogens is 669 g/mol. The molecule has 6 aromatic carbocycles. The van der Waals surface area contributed by atoms with Crippen LogP contribution in [0.1, 0.15) is 37.3 Å². The largest absolute Gasteiger partial charge is 0.340 e. The maximum atomic E-state index is 5.43. The molecule has 1 aliphatic heterocycles. The van der Waals surface area contributed by atoms with Gasteiger partial charge >= 0.3 is 0 Å². The Morgan fingerprint density at radius 3 is 2.15 bits per heavy atom. The minimum atomic E-state index is -0.0364. The number of benzene rings is 6. The number of pyridine rings is 1. The van der Waals surface area contributed by atoms with Crippen LogP contribution in [0.2, 0.25) is 0 Å². The molecule has 2 atom stereocenters. The minimum absolute atomic E-state index is 0.0364. The molecule has 0 saturated heterocycles. The van der Waals surface area contributed by atoms with Gasteiger partial charge in [-0.2, -0.15) is 0 Å². The van der Waals surface area contributed by atoms with Crippen molar-refractivity contribution in [1.29, 1.82) is 0 Å². The SMILES string of the molecule is C/C=C\C=C/C1(c2cc3c4ccccc4n(-c4cccc(-c5cccc6ccccc56)n4)c3cc2NC2=CC3CC3C(c3cccc4ccccc34)=N2)CC1. The van der Waals surface area contributed by atoms with Crippen LogP contribution >= 0.6 is 0 Å². The predicted octanol–water partition coefficient (Wildman–Crippen LogP) is 12.7. The normalized spacial score (nSPS) is 18.6. The lowest BCUT2D eigenvalue weighted by molar-refractivity contribution is 0.893. The number of hydrogen-bond acceptors (Lipinski definition) is 3. The fourth-order valence-corrected chi connectivity index (χ4v) is 9.02. The first-order valence-electron chi connectivity index (χ1n) is 19.6. The van der Waals surface area contributed by atoms with Gasteiger partial charge in [0.15, 0.2) is 0 Å². The van der Waals surface area contributed by atoms with Gasteiger partial charge in [0.2, 0.25) is 0 Å². The first kappa shape index (κ1) is 32.0. The fourth-order valence-electron chi connectivity index (χ4n) is 9.02. The molecule has 0 amide bonds. The lowest BCUT2D eigenvalue weighted by Gasteiger charge is -2.21. The third kappa shape index (κ3) is 5.35. The predicted molar refractivity (Wildman–Crippen MR) is 230 cm³/mol. The minimum Gasteiger partial charge on any atom is -0.340 e. The van der Waals surface area contributed by atoms with Crippen LogP contribution in [0, 0.1) is 11.8 Å². The zero-order valence-corrected chi connectivity index (χ0v) is 30.8. The van der Waals surface area contributed by atoms with Crippen LogP contribution in [0.15, 0.2) is 181 Å². The van der Waals surface area contributed by atoms with Crippen molar-refractivity contribution in [2.24, 2.45) is 16.8 Å². The van der Waals surface area contributed by atoms with Crippen LogP contribution in [0.3, 0.4) is 0 Å². The van der Waals surface area contributed by atoms with Crippen molar-refractivity contribution in [3.8, 4) is 17.1 Å². The second-order valence-corrected chi connectivity index (χ2v) is 15.4. The Balaban J connectivity index is 1.09. The summed E-state index contributed by atoms with van der Waals surface area (Å²) in [6.45, 7) is 2.08. The number of nitrogens with one attached hydrogen (secondary N) is 1. The van der Waals surface area contributed by atoms with Gasteiger partial charge in [0.25, 0.3) is 0 Å². The average Bonchev–Trinajstić information content (AvgIpc) is 4.17. The number of nitrogens with zero attached hydrogens (tertiary/aromatic N) is 3. The molecule has 11 rings (SSSR count). The van der Waals surface area contributed by atoms with Gasteiger partial charge in [-0.05, 0) is 95.6 Å². The number of hydrogen-bond donors (Lipinski definition) is 1. The number of allylic oxidation sites excluding steroid dienone is 5. The highest BCUT2D eigenvalue weighted by molar-refractivity contribution is 6.14. The number of para-hydroxylation sites is 1. The summed E-state index contributed by atoms with van der Waals surface area (Å²) in [5, 5.41) is 11.4. The molecule has 8 aromatic rings. The summed E-state index contributed by atoms with van der Waals surface area (Å²) in [6, 6.07) is 50.4. The summed E-state index contributed by atoms with van der Waals surface area (Å²) in [7, 11) is 0. The molecule has 0 radical (unpaired) electrons. The van der Waals surface area contributed by atoms with E-state index in [0.717, 1.165) is 58.9 Å². The molecular formula is C51H40N4. The maximum Gasteiger partial charge on any atom is 0.138 e. The van der Waals surface area contributed by atoms with Crippen molar-refractivity contribution in [3.63, 3.8) is 0 Å². The third-order valence-corrected chi connectivity index (χ3v) is 12.0. The van der Waals surface area contributed by atoms with Crippen LogP contribution in [-0.4, -0.2) is 15.3 Å². The van der Waals surface area contributed by atoms with Gasteiger partial charge in [-0.15, -0.1) is 0 Å². The Bertz CT molecular complexity index is 2960. The topological polar surface area (TPSA) is 42.2 Å². The van der Waals surface area contributed by atoms with Crippen molar-refractivity contribution in [2.45, 2.75) is 31.6 Å². The Hall–Kier alpha value is -6.52. The van der Waals surface area contributed by atoms with E-state index in [2.05, 4.69) is 187 Å². The Morgan fingerprint density at radius 1 is 0.673 bits per heavy atom. The van der Waals surface area contributed by atoms with Gasteiger partial charge in [-0.1, -0.05) is 133 Å².